The van der Waals surface area contributed by atoms with Crippen molar-refractivity contribution in [1.82, 2.24) is 4.57 Å². The number of hydrogen-bond donors (Lipinski definition) is 1. The van der Waals surface area contributed by atoms with Crippen LogP contribution in [0, 0.1) is 3.95 Å². The fraction of sp³-hybridized carbons (Fsp3) is 0.182. The number of rotatable bonds is 3. The lowest BCUT2D eigenvalue weighted by molar-refractivity contribution is 0.415. The Balaban J connectivity index is 2.09. The monoisotopic (exact) mass is 237 g/mol. The van der Waals surface area contributed by atoms with Crippen molar-refractivity contribution in [3.8, 4) is 5.88 Å². The summed E-state index contributed by atoms with van der Waals surface area (Å²) < 4.78 is 2.48. The number of hydrogen-bond acceptors (Lipinski definition) is 3. The van der Waals surface area contributed by atoms with Crippen LogP contribution in [0.15, 0.2) is 35.7 Å². The van der Waals surface area contributed by atoms with Gasteiger partial charge >= 0.3 is 0 Å². The summed E-state index contributed by atoms with van der Waals surface area (Å²) in [5.74, 6) is 0.265. The van der Waals surface area contributed by atoms with E-state index >= 15 is 0 Å². The second kappa shape index (κ2) is 4.59. The Morgan fingerprint density at radius 2 is 2.00 bits per heavy atom. The van der Waals surface area contributed by atoms with E-state index in [9.17, 15) is 5.11 Å². The normalized spacial score (nSPS) is 10.4. The lowest BCUT2D eigenvalue weighted by atomic mass is 10.1. The molecule has 1 aromatic carbocycles. The Labute approximate surface area is 97.4 Å². The average molecular weight is 237 g/mol. The first-order valence-electron chi connectivity index (χ1n) is 4.68. The van der Waals surface area contributed by atoms with Gasteiger partial charge in [0.25, 0.3) is 0 Å². The van der Waals surface area contributed by atoms with Gasteiger partial charge in [-0.05, 0) is 24.2 Å². The lowest BCUT2D eigenvalue weighted by Gasteiger charge is -2.04. The minimum absolute atomic E-state index is 0.265. The van der Waals surface area contributed by atoms with E-state index in [1.807, 2.05) is 18.2 Å². The summed E-state index contributed by atoms with van der Waals surface area (Å²) in [5.41, 5.74) is 1.25. The zero-order valence-electron chi connectivity index (χ0n) is 8.09. The Morgan fingerprint density at radius 3 is 2.60 bits per heavy atom. The quantitative estimate of drug-likeness (QED) is 0.829. The molecule has 2 aromatic rings. The van der Waals surface area contributed by atoms with Gasteiger partial charge in [0.1, 0.15) is 0 Å². The zero-order chi connectivity index (χ0) is 10.7. The van der Waals surface area contributed by atoms with E-state index in [0.717, 1.165) is 16.9 Å². The van der Waals surface area contributed by atoms with Crippen LogP contribution in [-0.2, 0) is 13.0 Å². The van der Waals surface area contributed by atoms with Gasteiger partial charge in [0, 0.05) is 6.54 Å². The van der Waals surface area contributed by atoms with E-state index in [2.05, 4.69) is 12.1 Å². The maximum atomic E-state index is 9.52. The van der Waals surface area contributed by atoms with Crippen molar-refractivity contribution in [2.75, 3.05) is 0 Å². The van der Waals surface area contributed by atoms with E-state index in [4.69, 9.17) is 12.2 Å². The van der Waals surface area contributed by atoms with Gasteiger partial charge in [-0.3, -0.25) is 4.57 Å². The van der Waals surface area contributed by atoms with Crippen molar-refractivity contribution in [1.29, 1.82) is 0 Å². The minimum atomic E-state index is 0.265. The van der Waals surface area contributed by atoms with E-state index in [0.29, 0.717) is 0 Å². The van der Waals surface area contributed by atoms with Crippen LogP contribution in [0.3, 0.4) is 0 Å². The van der Waals surface area contributed by atoms with Gasteiger partial charge in [-0.1, -0.05) is 30.3 Å². The molecule has 1 N–H and O–H groups in total. The van der Waals surface area contributed by atoms with Crippen LogP contribution in [0.2, 0.25) is 0 Å². The molecule has 78 valence electrons. The third-order valence-corrected chi connectivity index (χ3v) is 3.49. The highest BCUT2D eigenvalue weighted by atomic mass is 32.1. The molecule has 1 aromatic heterocycles. The molecule has 0 unspecified atom stereocenters. The smallest absolute Gasteiger partial charge is 0.202 e. The zero-order valence-corrected chi connectivity index (χ0v) is 9.72. The molecule has 0 aliphatic carbocycles. The summed E-state index contributed by atoms with van der Waals surface area (Å²) in [6, 6.07) is 10.2. The summed E-state index contributed by atoms with van der Waals surface area (Å²) in [5, 5.41) is 11.2. The largest absolute Gasteiger partial charge is 0.494 e. The molecule has 0 radical (unpaired) electrons. The van der Waals surface area contributed by atoms with Crippen molar-refractivity contribution >= 4 is 23.6 Å². The predicted octanol–water partition coefficient (Wildman–Crippen LogP) is 3.23. The molecule has 0 bridgehead atoms. The number of benzene rings is 1. The van der Waals surface area contributed by atoms with Gasteiger partial charge in [-0.25, -0.2) is 0 Å². The second-order valence-corrected chi connectivity index (χ2v) is 4.75. The number of aromatic hydroxyl groups is 1. The molecule has 0 amide bonds. The summed E-state index contributed by atoms with van der Waals surface area (Å²) in [7, 11) is 0. The Kier molecular flexibility index (Phi) is 3.18. The number of aryl methyl sites for hydroxylation is 1. The molecule has 0 aliphatic rings. The van der Waals surface area contributed by atoms with Gasteiger partial charge in [-0.15, -0.1) is 11.3 Å². The van der Waals surface area contributed by atoms with Gasteiger partial charge in [-0.2, -0.15) is 0 Å². The van der Waals surface area contributed by atoms with Crippen LogP contribution >= 0.6 is 23.6 Å². The first-order valence-corrected chi connectivity index (χ1v) is 5.97. The van der Waals surface area contributed by atoms with Crippen molar-refractivity contribution < 1.29 is 5.11 Å². The third-order valence-electron chi connectivity index (χ3n) is 2.23. The standard InChI is InChI=1S/C11H11NOS2/c13-10-8-15-11(14)12(10)7-6-9-4-2-1-3-5-9/h1-5,8,13H,6-7H2. The Hall–Kier alpha value is -1.13. The average Bonchev–Trinajstić information content (AvgIpc) is 2.58. The summed E-state index contributed by atoms with van der Waals surface area (Å²) in [4.78, 5) is 0. The van der Waals surface area contributed by atoms with Crippen molar-refractivity contribution in [3.63, 3.8) is 0 Å². The third kappa shape index (κ3) is 2.46. The van der Waals surface area contributed by atoms with Crippen LogP contribution in [0.5, 0.6) is 5.88 Å². The van der Waals surface area contributed by atoms with Crippen molar-refractivity contribution in [3.05, 3.63) is 45.2 Å². The van der Waals surface area contributed by atoms with E-state index in [1.54, 1.807) is 9.95 Å². The highest BCUT2D eigenvalue weighted by molar-refractivity contribution is 7.73. The van der Waals surface area contributed by atoms with E-state index in [-0.39, 0.29) is 5.88 Å². The molecule has 2 rings (SSSR count). The molecular formula is C11H11NOS2. The van der Waals surface area contributed by atoms with Crippen LogP contribution in [0.1, 0.15) is 5.56 Å². The van der Waals surface area contributed by atoms with Gasteiger partial charge in [0.15, 0.2) is 3.95 Å². The molecule has 4 heteroatoms. The SMILES string of the molecule is Oc1csc(=S)n1CCc1ccccc1. The first-order chi connectivity index (χ1) is 7.27. The molecular weight excluding hydrogens is 226 g/mol. The Bertz CT molecular complexity index is 487. The van der Waals surface area contributed by atoms with E-state index < -0.39 is 0 Å². The highest BCUT2D eigenvalue weighted by Gasteiger charge is 2.01. The molecule has 0 fully saturated rings. The van der Waals surface area contributed by atoms with Crippen molar-refractivity contribution in [2.24, 2.45) is 0 Å². The number of aromatic nitrogens is 1. The maximum absolute atomic E-state index is 9.52. The van der Waals surface area contributed by atoms with Gasteiger partial charge < -0.3 is 5.11 Å². The van der Waals surface area contributed by atoms with Gasteiger partial charge in [0.2, 0.25) is 5.88 Å². The Morgan fingerprint density at radius 1 is 1.27 bits per heavy atom. The summed E-state index contributed by atoms with van der Waals surface area (Å²) >= 11 is 6.50. The topological polar surface area (TPSA) is 25.2 Å². The fourth-order valence-electron chi connectivity index (χ4n) is 1.42. The molecule has 1 heterocycles. The second-order valence-electron chi connectivity index (χ2n) is 3.25. The molecule has 2 nitrogen and oxygen atoms in total. The molecule has 0 saturated carbocycles. The van der Waals surface area contributed by atoms with Crippen molar-refractivity contribution in [2.45, 2.75) is 13.0 Å². The van der Waals surface area contributed by atoms with Crippen LogP contribution in [0.4, 0.5) is 0 Å². The lowest BCUT2D eigenvalue weighted by Crippen LogP contribution is -2.00. The minimum Gasteiger partial charge on any atom is -0.494 e. The maximum Gasteiger partial charge on any atom is 0.202 e. The van der Waals surface area contributed by atoms with E-state index in [1.165, 1.54) is 16.9 Å². The van der Waals surface area contributed by atoms with Crippen LogP contribution < -0.4 is 0 Å². The molecule has 0 saturated heterocycles. The summed E-state index contributed by atoms with van der Waals surface area (Å²) in [6.07, 6.45) is 0.888. The number of nitrogens with zero attached hydrogens (tertiary/aromatic N) is 1. The number of thiazole rings is 1. The highest BCUT2D eigenvalue weighted by Crippen LogP contribution is 2.17. The van der Waals surface area contributed by atoms with Crippen LogP contribution in [-0.4, -0.2) is 9.67 Å². The first kappa shape index (κ1) is 10.4. The predicted molar refractivity (Wildman–Crippen MR) is 65.0 cm³/mol. The van der Waals surface area contributed by atoms with Crippen LogP contribution in [0.25, 0.3) is 0 Å². The molecule has 0 aliphatic heterocycles. The van der Waals surface area contributed by atoms with Gasteiger partial charge in [0.05, 0.1) is 5.38 Å². The molecule has 0 spiro atoms. The molecule has 15 heavy (non-hydrogen) atoms. The molecule has 0 atom stereocenters. The fourth-order valence-corrected chi connectivity index (χ4v) is 2.39. The summed E-state index contributed by atoms with van der Waals surface area (Å²) in [6.45, 7) is 0.734.